The lowest BCUT2D eigenvalue weighted by Gasteiger charge is -2.27. The molecular formula is C16H13Cl2NO4S. The van der Waals surface area contributed by atoms with Gasteiger partial charge in [0.05, 0.1) is 10.3 Å². The fourth-order valence-corrected chi connectivity index (χ4v) is 5.17. The third-order valence-electron chi connectivity index (χ3n) is 4.19. The minimum atomic E-state index is -3.83. The van der Waals surface area contributed by atoms with E-state index in [1.165, 1.54) is 17.4 Å². The third kappa shape index (κ3) is 2.17. The first-order chi connectivity index (χ1) is 11.4. The number of nitrogens with zero attached hydrogens (tertiary/aromatic N) is 1. The van der Waals surface area contributed by atoms with Crippen LogP contribution in [0.15, 0.2) is 35.2 Å². The van der Waals surface area contributed by atoms with Gasteiger partial charge in [0.15, 0.2) is 11.5 Å². The molecule has 1 atom stereocenters. The van der Waals surface area contributed by atoms with Gasteiger partial charge in [0.2, 0.25) is 0 Å². The van der Waals surface area contributed by atoms with Crippen LogP contribution in [0.2, 0.25) is 5.02 Å². The first-order valence-electron chi connectivity index (χ1n) is 7.26. The number of fused-ring (bicyclic) bond motifs is 4. The van der Waals surface area contributed by atoms with Crippen LogP contribution >= 0.6 is 23.2 Å². The van der Waals surface area contributed by atoms with E-state index in [4.69, 9.17) is 32.7 Å². The molecule has 0 saturated heterocycles. The van der Waals surface area contributed by atoms with Crippen LogP contribution in [0.4, 0.5) is 5.69 Å². The summed E-state index contributed by atoms with van der Waals surface area (Å²) in [5.74, 6) is 0.907. The number of hydrogen-bond donors (Lipinski definition) is 0. The van der Waals surface area contributed by atoms with E-state index in [1.54, 1.807) is 24.3 Å². The number of alkyl halides is 1. The number of sulfonamides is 1. The molecule has 2 aliphatic heterocycles. The van der Waals surface area contributed by atoms with Gasteiger partial charge in [-0.1, -0.05) is 23.7 Å². The topological polar surface area (TPSA) is 55.8 Å². The number of halogens is 2. The van der Waals surface area contributed by atoms with Crippen molar-refractivity contribution < 1.29 is 17.9 Å². The Morgan fingerprint density at radius 1 is 1.12 bits per heavy atom. The first-order valence-corrected chi connectivity index (χ1v) is 9.51. The lowest BCUT2D eigenvalue weighted by molar-refractivity contribution is 0.172. The summed E-state index contributed by atoms with van der Waals surface area (Å²) < 4.78 is 38.6. The predicted octanol–water partition coefficient (Wildman–Crippen LogP) is 3.58. The maximum atomic E-state index is 13.1. The molecule has 1 unspecified atom stereocenters. The lowest BCUT2D eigenvalue weighted by atomic mass is 10.0. The van der Waals surface area contributed by atoms with E-state index < -0.39 is 15.4 Å². The summed E-state index contributed by atoms with van der Waals surface area (Å²) in [6.07, 6.45) is 0. The molecule has 24 heavy (non-hydrogen) atoms. The molecule has 0 N–H and O–H groups in total. The minimum absolute atomic E-state index is 0.0965. The Bertz CT molecular complexity index is 945. The van der Waals surface area contributed by atoms with Crippen LogP contribution in [0.5, 0.6) is 11.5 Å². The van der Waals surface area contributed by atoms with Crippen molar-refractivity contribution in [1.29, 1.82) is 0 Å². The summed E-state index contributed by atoms with van der Waals surface area (Å²) in [5, 5.41) is -0.315. The molecule has 0 aliphatic carbocycles. The zero-order chi connectivity index (χ0) is 17.1. The van der Waals surface area contributed by atoms with Gasteiger partial charge in [-0.25, -0.2) is 8.42 Å². The van der Waals surface area contributed by atoms with Gasteiger partial charge in [0, 0.05) is 17.6 Å². The smallest absolute Gasteiger partial charge is 0.264 e. The Morgan fingerprint density at radius 3 is 2.62 bits per heavy atom. The van der Waals surface area contributed by atoms with Crippen LogP contribution in [0.25, 0.3) is 0 Å². The number of hydrogen-bond acceptors (Lipinski definition) is 4. The van der Waals surface area contributed by atoms with Gasteiger partial charge in [-0.15, -0.1) is 11.6 Å². The van der Waals surface area contributed by atoms with E-state index in [9.17, 15) is 8.42 Å². The summed E-state index contributed by atoms with van der Waals surface area (Å²) >= 11 is 12.6. The van der Waals surface area contributed by atoms with Crippen molar-refractivity contribution in [2.75, 3.05) is 24.6 Å². The number of rotatable bonds is 0. The van der Waals surface area contributed by atoms with Gasteiger partial charge >= 0.3 is 0 Å². The van der Waals surface area contributed by atoms with Crippen LogP contribution in [0, 0.1) is 0 Å². The molecule has 126 valence electrons. The van der Waals surface area contributed by atoms with E-state index in [-0.39, 0.29) is 4.90 Å². The van der Waals surface area contributed by atoms with Gasteiger partial charge in [0.1, 0.15) is 18.9 Å². The quantitative estimate of drug-likeness (QED) is 0.650. The van der Waals surface area contributed by atoms with Crippen LogP contribution in [-0.4, -0.2) is 28.7 Å². The second kappa shape index (κ2) is 5.44. The van der Waals surface area contributed by atoms with Gasteiger partial charge in [-0.3, -0.25) is 4.31 Å². The second-order valence-electron chi connectivity index (χ2n) is 5.54. The largest absolute Gasteiger partial charge is 0.486 e. The highest BCUT2D eigenvalue weighted by molar-refractivity contribution is 7.92. The van der Waals surface area contributed by atoms with Gasteiger partial charge in [0.25, 0.3) is 10.0 Å². The fraction of sp³-hybridized carbons (Fsp3) is 0.250. The van der Waals surface area contributed by atoms with Crippen LogP contribution in [0.3, 0.4) is 0 Å². The molecule has 4 rings (SSSR count). The summed E-state index contributed by atoms with van der Waals surface area (Å²) in [4.78, 5) is 0.0965. The molecule has 0 spiro atoms. The first kappa shape index (κ1) is 15.9. The van der Waals surface area contributed by atoms with E-state index in [1.807, 2.05) is 0 Å². The standard InChI is InChI=1S/C16H13Cl2NO4S/c1-19-15-11(4-5-12-16(15)23-7-6-22-12)14(18)10-3-2-9(17)8-13(10)24(19,20)21/h2-5,8,14H,6-7H2,1H3. The molecule has 0 aromatic heterocycles. The molecule has 5 nitrogen and oxygen atoms in total. The Morgan fingerprint density at radius 2 is 1.83 bits per heavy atom. The van der Waals surface area contributed by atoms with Crippen molar-refractivity contribution in [1.82, 2.24) is 0 Å². The Hall–Kier alpha value is -1.63. The van der Waals surface area contributed by atoms with Gasteiger partial charge in [-0.2, -0.15) is 0 Å². The summed E-state index contributed by atoms with van der Waals surface area (Å²) in [7, 11) is -2.35. The molecule has 2 aliphatic rings. The van der Waals surface area contributed by atoms with Crippen molar-refractivity contribution in [2.45, 2.75) is 10.3 Å². The molecule has 2 heterocycles. The average Bonchev–Trinajstić information content (AvgIpc) is 2.64. The van der Waals surface area contributed by atoms with Crippen LogP contribution < -0.4 is 13.8 Å². The zero-order valence-corrected chi connectivity index (χ0v) is 15.0. The number of benzene rings is 2. The van der Waals surface area contributed by atoms with E-state index in [0.717, 1.165) is 0 Å². The van der Waals surface area contributed by atoms with E-state index in [2.05, 4.69) is 0 Å². The molecule has 0 bridgehead atoms. The van der Waals surface area contributed by atoms with E-state index >= 15 is 0 Å². The maximum absolute atomic E-state index is 13.1. The summed E-state index contributed by atoms with van der Waals surface area (Å²) in [6, 6.07) is 8.23. The van der Waals surface area contributed by atoms with Gasteiger partial charge in [-0.05, 0) is 23.8 Å². The minimum Gasteiger partial charge on any atom is -0.486 e. The third-order valence-corrected chi connectivity index (χ3v) is 6.71. The van der Waals surface area contributed by atoms with Gasteiger partial charge < -0.3 is 9.47 Å². The van der Waals surface area contributed by atoms with Crippen molar-refractivity contribution in [3.8, 4) is 11.5 Å². The SMILES string of the molecule is CN1c2c(ccc3c2OCCO3)C(Cl)c2ccc(Cl)cc2S1(=O)=O. The summed E-state index contributed by atoms with van der Waals surface area (Å²) in [6.45, 7) is 0.769. The molecule has 0 radical (unpaired) electrons. The zero-order valence-electron chi connectivity index (χ0n) is 12.6. The fourth-order valence-electron chi connectivity index (χ4n) is 3.02. The highest BCUT2D eigenvalue weighted by Crippen LogP contribution is 2.51. The molecule has 0 fully saturated rings. The molecule has 2 aromatic rings. The Balaban J connectivity index is 2.06. The molecule has 0 amide bonds. The monoisotopic (exact) mass is 385 g/mol. The highest BCUT2D eigenvalue weighted by atomic mass is 35.5. The van der Waals surface area contributed by atoms with Crippen molar-refractivity contribution in [3.63, 3.8) is 0 Å². The molecule has 2 aromatic carbocycles. The Kier molecular flexibility index (Phi) is 3.60. The Labute approximate surface area is 149 Å². The van der Waals surface area contributed by atoms with Crippen molar-refractivity contribution >= 4 is 38.9 Å². The molecular weight excluding hydrogens is 373 g/mol. The summed E-state index contributed by atoms with van der Waals surface area (Å²) in [5.41, 5.74) is 1.54. The average molecular weight is 386 g/mol. The van der Waals surface area contributed by atoms with E-state index in [0.29, 0.717) is 46.5 Å². The highest BCUT2D eigenvalue weighted by Gasteiger charge is 2.38. The molecule has 0 saturated carbocycles. The maximum Gasteiger partial charge on any atom is 0.264 e. The number of anilines is 1. The normalized spacial score (nSPS) is 20.8. The van der Waals surface area contributed by atoms with Crippen LogP contribution in [-0.2, 0) is 10.0 Å². The van der Waals surface area contributed by atoms with Crippen molar-refractivity contribution in [2.24, 2.45) is 0 Å². The second-order valence-corrected chi connectivity index (χ2v) is 8.36. The van der Waals surface area contributed by atoms with Crippen LogP contribution in [0.1, 0.15) is 16.5 Å². The lowest BCUT2D eigenvalue weighted by Crippen LogP contribution is -2.28. The number of ether oxygens (including phenoxy) is 2. The van der Waals surface area contributed by atoms with Crippen molar-refractivity contribution in [3.05, 3.63) is 46.5 Å². The molecule has 8 heteroatoms. The predicted molar refractivity (Wildman–Crippen MR) is 92.2 cm³/mol.